The third-order valence-electron chi connectivity index (χ3n) is 3.50. The van der Waals surface area contributed by atoms with Gasteiger partial charge in [0, 0.05) is 13.1 Å². The lowest BCUT2D eigenvalue weighted by atomic mass is 9.86. The van der Waals surface area contributed by atoms with Crippen LogP contribution in [0.15, 0.2) is 10.6 Å². The number of amides is 1. The fourth-order valence-corrected chi connectivity index (χ4v) is 2.52. The van der Waals surface area contributed by atoms with E-state index in [2.05, 4.69) is 11.2 Å². The van der Waals surface area contributed by atoms with Crippen molar-refractivity contribution in [2.24, 2.45) is 5.41 Å². The Hall–Kier alpha value is -1.83. The van der Waals surface area contributed by atoms with Gasteiger partial charge >= 0.3 is 0 Å². The Labute approximate surface area is 106 Å². The Morgan fingerprint density at radius 2 is 2.28 bits per heavy atom. The second-order valence-electron chi connectivity index (χ2n) is 4.99. The number of nitriles is 1. The van der Waals surface area contributed by atoms with Crippen LogP contribution in [0.25, 0.3) is 0 Å². The van der Waals surface area contributed by atoms with Crippen molar-refractivity contribution < 1.29 is 9.32 Å². The van der Waals surface area contributed by atoms with Gasteiger partial charge in [0.1, 0.15) is 16.9 Å². The minimum Gasteiger partial charge on any atom is -0.361 e. The zero-order valence-electron chi connectivity index (χ0n) is 10.8. The molecule has 0 aromatic carbocycles. The van der Waals surface area contributed by atoms with Crippen LogP contribution in [0.1, 0.15) is 37.1 Å². The first kappa shape index (κ1) is 12.6. The van der Waals surface area contributed by atoms with Gasteiger partial charge in [-0.3, -0.25) is 4.79 Å². The summed E-state index contributed by atoms with van der Waals surface area (Å²) in [6, 6.07) is 4.02. The molecule has 0 spiro atoms. The maximum Gasteiger partial charge on any atom is 0.243 e. The molecule has 1 fully saturated rings. The lowest BCUT2D eigenvalue weighted by Crippen LogP contribution is -2.39. The predicted octanol–water partition coefficient (Wildman–Crippen LogP) is 2.03. The summed E-state index contributed by atoms with van der Waals surface area (Å²) >= 11 is 0. The summed E-state index contributed by atoms with van der Waals surface area (Å²) in [6.07, 6.45) is 3.25. The number of hydrogen-bond donors (Lipinski definition) is 0. The second kappa shape index (κ2) is 4.81. The molecule has 1 heterocycles. The predicted molar refractivity (Wildman–Crippen MR) is 64.2 cm³/mol. The van der Waals surface area contributed by atoms with E-state index in [9.17, 15) is 10.1 Å². The molecule has 1 aliphatic rings. The maximum atomic E-state index is 12.4. The molecular formula is C13H17N3O2. The van der Waals surface area contributed by atoms with Gasteiger partial charge in [0.15, 0.2) is 0 Å². The summed E-state index contributed by atoms with van der Waals surface area (Å²) in [5, 5.41) is 13.1. The highest BCUT2D eigenvalue weighted by atomic mass is 16.5. The highest BCUT2D eigenvalue weighted by Crippen LogP contribution is 2.39. The molecule has 18 heavy (non-hydrogen) atoms. The number of aromatic nitrogens is 1. The van der Waals surface area contributed by atoms with E-state index in [0.29, 0.717) is 19.4 Å². The molecule has 2 rings (SSSR count). The van der Waals surface area contributed by atoms with Gasteiger partial charge in [-0.1, -0.05) is 18.0 Å². The summed E-state index contributed by atoms with van der Waals surface area (Å²) in [5.74, 6) is 0.630. The number of aryl methyl sites for hydroxylation is 1. The van der Waals surface area contributed by atoms with Crippen molar-refractivity contribution in [1.82, 2.24) is 10.1 Å². The Balaban J connectivity index is 2.07. The molecular weight excluding hydrogens is 230 g/mol. The number of carbonyl (C=O) groups excluding carboxylic acids is 1. The fourth-order valence-electron chi connectivity index (χ4n) is 2.52. The lowest BCUT2D eigenvalue weighted by Gasteiger charge is -2.25. The molecule has 0 saturated heterocycles. The molecule has 0 atom stereocenters. The van der Waals surface area contributed by atoms with Crippen molar-refractivity contribution in [3.8, 4) is 6.07 Å². The monoisotopic (exact) mass is 247 g/mol. The summed E-state index contributed by atoms with van der Waals surface area (Å²) in [5.41, 5.74) is -0.0949. The Kier molecular flexibility index (Phi) is 3.37. The van der Waals surface area contributed by atoms with Crippen LogP contribution < -0.4 is 0 Å². The van der Waals surface area contributed by atoms with Crippen molar-refractivity contribution in [3.05, 3.63) is 17.5 Å². The minimum atomic E-state index is -0.812. The van der Waals surface area contributed by atoms with Crippen molar-refractivity contribution in [2.45, 2.75) is 39.2 Å². The first-order chi connectivity index (χ1) is 8.57. The van der Waals surface area contributed by atoms with E-state index in [1.165, 1.54) is 0 Å². The molecule has 96 valence electrons. The van der Waals surface area contributed by atoms with Crippen LogP contribution in [0.5, 0.6) is 0 Å². The lowest BCUT2D eigenvalue weighted by molar-refractivity contribution is -0.138. The standard InChI is InChI=1S/C13H17N3O2/c1-10-7-11(15-18-10)8-16(2)12(17)13(9-14)5-3-4-6-13/h7H,3-6,8H2,1-2H3. The van der Waals surface area contributed by atoms with Crippen molar-refractivity contribution in [1.29, 1.82) is 5.26 Å². The average Bonchev–Trinajstić information content (AvgIpc) is 2.98. The number of hydrogen-bond acceptors (Lipinski definition) is 4. The molecule has 5 heteroatoms. The average molecular weight is 247 g/mol. The quantitative estimate of drug-likeness (QED) is 0.819. The molecule has 0 radical (unpaired) electrons. The molecule has 1 aliphatic carbocycles. The summed E-state index contributed by atoms with van der Waals surface area (Å²) in [4.78, 5) is 13.9. The van der Waals surface area contributed by atoms with Crippen LogP contribution in [0.3, 0.4) is 0 Å². The molecule has 0 unspecified atom stereocenters. The van der Waals surface area contributed by atoms with Crippen molar-refractivity contribution in [3.63, 3.8) is 0 Å². The smallest absolute Gasteiger partial charge is 0.243 e. The molecule has 1 aromatic rings. The summed E-state index contributed by atoms with van der Waals surface area (Å²) in [7, 11) is 1.71. The van der Waals surface area contributed by atoms with E-state index in [4.69, 9.17) is 4.52 Å². The van der Waals surface area contributed by atoms with E-state index in [1.807, 2.05) is 6.92 Å². The Bertz CT molecular complexity index is 481. The fraction of sp³-hybridized carbons (Fsp3) is 0.615. The molecule has 1 aromatic heterocycles. The van der Waals surface area contributed by atoms with Gasteiger partial charge in [-0.2, -0.15) is 5.26 Å². The van der Waals surface area contributed by atoms with Crippen LogP contribution in [0, 0.1) is 23.7 Å². The third-order valence-corrected chi connectivity index (χ3v) is 3.50. The van der Waals surface area contributed by atoms with Gasteiger partial charge in [-0.15, -0.1) is 0 Å². The molecule has 1 saturated carbocycles. The topological polar surface area (TPSA) is 70.1 Å². The summed E-state index contributed by atoms with van der Waals surface area (Å²) in [6.45, 7) is 2.20. The third kappa shape index (κ3) is 2.23. The van der Waals surface area contributed by atoms with E-state index in [-0.39, 0.29) is 5.91 Å². The maximum absolute atomic E-state index is 12.4. The Morgan fingerprint density at radius 3 is 2.78 bits per heavy atom. The van der Waals surface area contributed by atoms with Crippen molar-refractivity contribution >= 4 is 5.91 Å². The number of nitrogens with zero attached hydrogens (tertiary/aromatic N) is 3. The number of carbonyl (C=O) groups is 1. The van der Waals surface area contributed by atoms with Gasteiger partial charge < -0.3 is 9.42 Å². The number of rotatable bonds is 3. The van der Waals surface area contributed by atoms with E-state index in [0.717, 1.165) is 24.3 Å². The zero-order valence-corrected chi connectivity index (χ0v) is 10.8. The minimum absolute atomic E-state index is 0.0943. The molecule has 0 aliphatic heterocycles. The highest BCUT2D eigenvalue weighted by Gasteiger charge is 2.43. The normalized spacial score (nSPS) is 17.4. The molecule has 5 nitrogen and oxygen atoms in total. The van der Waals surface area contributed by atoms with Crippen LogP contribution >= 0.6 is 0 Å². The molecule has 0 bridgehead atoms. The first-order valence-electron chi connectivity index (χ1n) is 6.16. The van der Waals surface area contributed by atoms with Crippen LogP contribution in [0.4, 0.5) is 0 Å². The molecule has 0 N–H and O–H groups in total. The van der Waals surface area contributed by atoms with Crippen molar-refractivity contribution in [2.75, 3.05) is 7.05 Å². The SMILES string of the molecule is Cc1cc(CN(C)C(=O)C2(C#N)CCCC2)no1. The zero-order chi connectivity index (χ0) is 13.2. The Morgan fingerprint density at radius 1 is 1.61 bits per heavy atom. The molecule has 1 amide bonds. The van der Waals surface area contributed by atoms with Gasteiger partial charge in [-0.25, -0.2) is 0 Å². The van der Waals surface area contributed by atoms with Gasteiger partial charge in [-0.05, 0) is 19.8 Å². The largest absolute Gasteiger partial charge is 0.361 e. The first-order valence-corrected chi connectivity index (χ1v) is 6.16. The second-order valence-corrected chi connectivity index (χ2v) is 4.99. The van der Waals surface area contributed by atoms with E-state index >= 15 is 0 Å². The van der Waals surface area contributed by atoms with Crippen LogP contribution in [-0.2, 0) is 11.3 Å². The van der Waals surface area contributed by atoms with Crippen LogP contribution in [0.2, 0.25) is 0 Å². The van der Waals surface area contributed by atoms with Gasteiger partial charge in [0.05, 0.1) is 12.6 Å². The van der Waals surface area contributed by atoms with Crippen LogP contribution in [-0.4, -0.2) is 23.0 Å². The summed E-state index contributed by atoms with van der Waals surface area (Å²) < 4.78 is 4.97. The van der Waals surface area contributed by atoms with E-state index < -0.39 is 5.41 Å². The highest BCUT2D eigenvalue weighted by molar-refractivity contribution is 5.85. The van der Waals surface area contributed by atoms with Gasteiger partial charge in [0.2, 0.25) is 5.91 Å². The van der Waals surface area contributed by atoms with E-state index in [1.54, 1.807) is 18.0 Å². The van der Waals surface area contributed by atoms with Gasteiger partial charge in [0.25, 0.3) is 0 Å².